The van der Waals surface area contributed by atoms with Gasteiger partial charge in [-0.05, 0) is 68.7 Å². The maximum atomic E-state index is 13.5. The first-order valence-electron chi connectivity index (χ1n) is 7.59. The number of nitrogens with one attached hydrogen (secondary N) is 1. The van der Waals surface area contributed by atoms with E-state index in [2.05, 4.69) is 12.2 Å². The van der Waals surface area contributed by atoms with E-state index < -0.39 is 5.97 Å². The smallest absolute Gasteiger partial charge is 0.338 e. The van der Waals surface area contributed by atoms with E-state index >= 15 is 0 Å². The van der Waals surface area contributed by atoms with Gasteiger partial charge in [-0.15, -0.1) is 11.3 Å². The van der Waals surface area contributed by atoms with E-state index in [9.17, 15) is 14.3 Å². The van der Waals surface area contributed by atoms with E-state index in [0.29, 0.717) is 10.1 Å². The van der Waals surface area contributed by atoms with Crippen LogP contribution in [0.4, 0.5) is 15.1 Å². The fourth-order valence-corrected chi connectivity index (χ4v) is 4.30. The van der Waals surface area contributed by atoms with Gasteiger partial charge in [0.2, 0.25) is 0 Å². The van der Waals surface area contributed by atoms with Crippen molar-refractivity contribution in [1.29, 1.82) is 0 Å². The molecular weight excluding hydrogens is 347 g/mol. The quantitative estimate of drug-likeness (QED) is 0.772. The molecule has 0 amide bonds. The monoisotopic (exact) mass is 364 g/mol. The number of halogens is 1. The molecule has 4 nitrogen and oxygen atoms in total. The van der Waals surface area contributed by atoms with Crippen molar-refractivity contribution in [2.75, 3.05) is 10.2 Å². The standard InChI is InChI=1S/C17H17FN2O2S2/c1-9-3-4-11-8-12(18)5-6-14(11)20(9)17(23)19-15-13(16(21)22)7-10(2)24-15/h5-9H,3-4H2,1-2H3,(H,19,23)(H,21,22)/t9-/m1/s1. The van der Waals surface area contributed by atoms with Crippen LogP contribution in [0.5, 0.6) is 0 Å². The molecule has 0 bridgehead atoms. The molecule has 0 saturated carbocycles. The molecule has 126 valence electrons. The molecule has 24 heavy (non-hydrogen) atoms. The Morgan fingerprint density at radius 3 is 2.92 bits per heavy atom. The largest absolute Gasteiger partial charge is 0.478 e. The number of fused-ring (bicyclic) bond motifs is 1. The Hall–Kier alpha value is -1.99. The van der Waals surface area contributed by atoms with Crippen molar-refractivity contribution in [2.45, 2.75) is 32.7 Å². The Morgan fingerprint density at radius 2 is 2.21 bits per heavy atom. The molecule has 0 saturated heterocycles. The van der Waals surface area contributed by atoms with E-state index in [1.165, 1.54) is 23.5 Å². The molecule has 3 rings (SSSR count). The molecule has 1 aliphatic heterocycles. The van der Waals surface area contributed by atoms with Crippen molar-refractivity contribution >= 4 is 45.3 Å². The van der Waals surface area contributed by atoms with E-state index in [0.717, 1.165) is 29.0 Å². The lowest BCUT2D eigenvalue weighted by atomic mass is 9.97. The number of thiophene rings is 1. The van der Waals surface area contributed by atoms with Gasteiger partial charge in [0.05, 0.1) is 5.56 Å². The minimum Gasteiger partial charge on any atom is -0.478 e. The van der Waals surface area contributed by atoms with Crippen molar-refractivity contribution in [3.05, 3.63) is 46.1 Å². The lowest BCUT2D eigenvalue weighted by Gasteiger charge is -2.37. The molecule has 7 heteroatoms. The Balaban J connectivity index is 1.92. The van der Waals surface area contributed by atoms with Crippen LogP contribution in [0.2, 0.25) is 0 Å². The highest BCUT2D eigenvalue weighted by Crippen LogP contribution is 2.33. The van der Waals surface area contributed by atoms with Crippen LogP contribution in [-0.2, 0) is 6.42 Å². The molecule has 0 radical (unpaired) electrons. The van der Waals surface area contributed by atoms with Gasteiger partial charge in [-0.1, -0.05) is 0 Å². The summed E-state index contributed by atoms with van der Waals surface area (Å²) >= 11 is 6.89. The molecule has 1 aromatic heterocycles. The second-order valence-electron chi connectivity index (χ2n) is 5.87. The predicted molar refractivity (Wildman–Crippen MR) is 98.9 cm³/mol. The third-order valence-electron chi connectivity index (χ3n) is 4.10. The minimum absolute atomic E-state index is 0.150. The highest BCUT2D eigenvalue weighted by molar-refractivity contribution is 7.80. The molecule has 2 heterocycles. The Labute approximate surface area is 148 Å². The van der Waals surface area contributed by atoms with Crippen molar-refractivity contribution in [1.82, 2.24) is 0 Å². The van der Waals surface area contributed by atoms with Crippen molar-refractivity contribution in [2.24, 2.45) is 0 Å². The first-order valence-corrected chi connectivity index (χ1v) is 8.81. The normalized spacial score (nSPS) is 16.6. The van der Waals surface area contributed by atoms with Gasteiger partial charge in [-0.2, -0.15) is 0 Å². The van der Waals surface area contributed by atoms with Crippen LogP contribution >= 0.6 is 23.6 Å². The third kappa shape index (κ3) is 3.14. The van der Waals surface area contributed by atoms with Crippen LogP contribution in [0.1, 0.15) is 34.1 Å². The number of hydrogen-bond donors (Lipinski definition) is 2. The fourth-order valence-electron chi connectivity index (χ4n) is 2.95. The van der Waals surface area contributed by atoms with Crippen LogP contribution in [-0.4, -0.2) is 22.2 Å². The molecule has 2 N–H and O–H groups in total. The number of aromatic carboxylic acids is 1. The second-order valence-corrected chi connectivity index (χ2v) is 7.51. The topological polar surface area (TPSA) is 52.6 Å². The van der Waals surface area contributed by atoms with E-state index in [1.807, 2.05) is 11.8 Å². The summed E-state index contributed by atoms with van der Waals surface area (Å²) in [5.41, 5.74) is 2.00. The van der Waals surface area contributed by atoms with E-state index in [4.69, 9.17) is 12.2 Å². The van der Waals surface area contributed by atoms with Crippen LogP contribution in [0, 0.1) is 12.7 Å². The number of carboxylic acids is 1. The highest BCUT2D eigenvalue weighted by Gasteiger charge is 2.27. The number of aryl methyl sites for hydroxylation is 2. The maximum Gasteiger partial charge on any atom is 0.338 e. The summed E-state index contributed by atoms with van der Waals surface area (Å²) < 4.78 is 13.5. The van der Waals surface area contributed by atoms with Gasteiger partial charge in [-0.3, -0.25) is 0 Å². The lowest BCUT2D eigenvalue weighted by Crippen LogP contribution is -2.44. The van der Waals surface area contributed by atoms with E-state index in [1.54, 1.807) is 12.1 Å². The summed E-state index contributed by atoms with van der Waals surface area (Å²) in [5.74, 6) is -1.25. The summed E-state index contributed by atoms with van der Waals surface area (Å²) in [5, 5.41) is 13.3. The average molecular weight is 364 g/mol. The van der Waals surface area contributed by atoms with Gasteiger partial charge in [-0.25, -0.2) is 9.18 Å². The number of carboxylic acid groups (broad SMARTS) is 1. The van der Waals surface area contributed by atoms with Crippen LogP contribution in [0.15, 0.2) is 24.3 Å². The number of hydrogen-bond acceptors (Lipinski definition) is 3. The molecule has 0 spiro atoms. The van der Waals surface area contributed by atoms with Gasteiger partial charge in [0, 0.05) is 16.6 Å². The van der Waals surface area contributed by atoms with Crippen LogP contribution < -0.4 is 10.2 Å². The lowest BCUT2D eigenvalue weighted by molar-refractivity contribution is 0.0698. The fraction of sp³-hybridized carbons (Fsp3) is 0.294. The average Bonchev–Trinajstić information content (AvgIpc) is 2.88. The minimum atomic E-state index is -0.987. The van der Waals surface area contributed by atoms with Crippen molar-refractivity contribution < 1.29 is 14.3 Å². The molecule has 2 aromatic rings. The van der Waals surface area contributed by atoms with Gasteiger partial charge < -0.3 is 15.3 Å². The zero-order valence-electron chi connectivity index (χ0n) is 13.3. The summed E-state index contributed by atoms with van der Waals surface area (Å²) in [4.78, 5) is 14.2. The van der Waals surface area contributed by atoms with Crippen LogP contribution in [0.3, 0.4) is 0 Å². The summed E-state index contributed by atoms with van der Waals surface area (Å²) in [7, 11) is 0. The predicted octanol–water partition coefficient (Wildman–Crippen LogP) is 4.43. The number of anilines is 2. The Kier molecular flexibility index (Phi) is 4.56. The number of carbonyl (C=O) groups is 1. The number of rotatable bonds is 2. The molecule has 0 fully saturated rings. The Morgan fingerprint density at radius 1 is 1.46 bits per heavy atom. The SMILES string of the molecule is Cc1cc(C(=O)O)c(NC(=S)N2c3ccc(F)cc3CC[C@H]2C)s1. The number of benzene rings is 1. The van der Waals surface area contributed by atoms with Gasteiger partial charge in [0.1, 0.15) is 10.8 Å². The number of nitrogens with zero attached hydrogens (tertiary/aromatic N) is 1. The first-order chi connectivity index (χ1) is 11.4. The molecular formula is C17H17FN2O2S2. The molecule has 0 aliphatic carbocycles. The molecule has 0 unspecified atom stereocenters. The summed E-state index contributed by atoms with van der Waals surface area (Å²) in [6.45, 7) is 3.91. The third-order valence-corrected chi connectivity index (χ3v) is 5.36. The van der Waals surface area contributed by atoms with Crippen molar-refractivity contribution in [3.63, 3.8) is 0 Å². The van der Waals surface area contributed by atoms with Gasteiger partial charge >= 0.3 is 5.97 Å². The number of thiocarbonyl (C=S) groups is 1. The van der Waals surface area contributed by atoms with Crippen molar-refractivity contribution in [3.8, 4) is 0 Å². The van der Waals surface area contributed by atoms with Gasteiger partial charge in [0.25, 0.3) is 0 Å². The second kappa shape index (κ2) is 6.49. The first kappa shape index (κ1) is 16.9. The molecule has 1 aromatic carbocycles. The van der Waals surface area contributed by atoms with Gasteiger partial charge in [0.15, 0.2) is 5.11 Å². The van der Waals surface area contributed by atoms with E-state index in [-0.39, 0.29) is 17.4 Å². The zero-order valence-corrected chi connectivity index (χ0v) is 14.9. The Bertz CT molecular complexity index is 819. The van der Waals surface area contributed by atoms with Crippen LogP contribution in [0.25, 0.3) is 0 Å². The highest BCUT2D eigenvalue weighted by atomic mass is 32.1. The molecule has 1 aliphatic rings. The zero-order chi connectivity index (χ0) is 17.4. The molecule has 1 atom stereocenters. The summed E-state index contributed by atoms with van der Waals surface area (Å²) in [6, 6.07) is 6.46. The summed E-state index contributed by atoms with van der Waals surface area (Å²) in [6.07, 6.45) is 1.65. The maximum absolute atomic E-state index is 13.5.